The van der Waals surface area contributed by atoms with E-state index in [0.29, 0.717) is 5.56 Å². The molecule has 0 spiro atoms. The first-order chi connectivity index (χ1) is 8.11. The average molecular weight is 232 g/mol. The molecule has 0 aromatic heterocycles. The quantitative estimate of drug-likeness (QED) is 0.644. The fourth-order valence-corrected chi connectivity index (χ4v) is 2.38. The normalized spacial score (nSPS) is 19.2. The van der Waals surface area contributed by atoms with Gasteiger partial charge in [0.05, 0.1) is 10.5 Å². The van der Waals surface area contributed by atoms with Crippen LogP contribution in [0, 0.1) is 17.0 Å². The van der Waals surface area contributed by atoms with Crippen LogP contribution in [0.2, 0.25) is 0 Å². The Kier molecular flexibility index (Phi) is 3.24. The minimum atomic E-state index is -0.331. The number of nitrogens with one attached hydrogen (secondary N) is 1. The van der Waals surface area contributed by atoms with Gasteiger partial charge >= 0.3 is 0 Å². The van der Waals surface area contributed by atoms with Gasteiger partial charge in [0.2, 0.25) is 0 Å². The lowest BCUT2D eigenvalue weighted by atomic mass is 9.94. The maximum Gasteiger partial charge on any atom is 0.277 e. The third-order valence-electron chi connectivity index (χ3n) is 3.25. The molecule has 17 heavy (non-hydrogen) atoms. The average Bonchev–Trinajstić information content (AvgIpc) is 2.81. The van der Waals surface area contributed by atoms with Crippen molar-refractivity contribution < 1.29 is 4.92 Å². The minimum Gasteiger partial charge on any atom is -0.310 e. The number of nitro benzene ring substituents is 1. The van der Waals surface area contributed by atoms with Crippen LogP contribution in [0.25, 0.3) is 5.57 Å². The molecular formula is C13H16N2O2. The smallest absolute Gasteiger partial charge is 0.277 e. The van der Waals surface area contributed by atoms with Gasteiger partial charge in [0.15, 0.2) is 0 Å². The predicted molar refractivity (Wildman–Crippen MR) is 67.9 cm³/mol. The van der Waals surface area contributed by atoms with Crippen LogP contribution in [-0.2, 0) is 0 Å². The lowest BCUT2D eigenvalue weighted by Crippen LogP contribution is -2.23. The molecule has 1 unspecified atom stereocenters. The fraction of sp³-hybridized carbons (Fsp3) is 0.385. The Morgan fingerprint density at radius 3 is 2.94 bits per heavy atom. The second kappa shape index (κ2) is 4.67. The highest BCUT2D eigenvalue weighted by Gasteiger charge is 2.25. The van der Waals surface area contributed by atoms with Gasteiger partial charge in [-0.15, -0.1) is 0 Å². The molecule has 4 nitrogen and oxygen atoms in total. The van der Waals surface area contributed by atoms with E-state index in [-0.39, 0.29) is 16.7 Å². The van der Waals surface area contributed by atoms with Gasteiger partial charge in [0, 0.05) is 12.1 Å². The maximum atomic E-state index is 11.0. The van der Waals surface area contributed by atoms with Crippen LogP contribution in [0.4, 0.5) is 5.69 Å². The van der Waals surface area contributed by atoms with Crippen molar-refractivity contribution in [3.8, 4) is 0 Å². The highest BCUT2D eigenvalue weighted by atomic mass is 16.6. The summed E-state index contributed by atoms with van der Waals surface area (Å²) in [5, 5.41) is 14.4. The first kappa shape index (κ1) is 11.8. The van der Waals surface area contributed by atoms with E-state index in [1.165, 1.54) is 0 Å². The Labute approximate surface area is 100 Å². The molecule has 0 radical (unpaired) electrons. The summed E-state index contributed by atoms with van der Waals surface area (Å²) in [5.41, 5.74) is 2.60. The van der Waals surface area contributed by atoms with E-state index in [2.05, 4.69) is 11.9 Å². The molecule has 1 atom stereocenters. The molecule has 0 amide bonds. The van der Waals surface area contributed by atoms with Crippen molar-refractivity contribution in [2.45, 2.75) is 25.8 Å². The van der Waals surface area contributed by atoms with E-state index in [1.807, 2.05) is 13.0 Å². The van der Waals surface area contributed by atoms with Crippen LogP contribution >= 0.6 is 0 Å². The molecule has 1 aliphatic rings. The molecule has 4 heteroatoms. The first-order valence-corrected chi connectivity index (χ1v) is 5.78. The molecule has 1 aromatic rings. The number of nitro groups is 1. The van der Waals surface area contributed by atoms with Crippen LogP contribution in [-0.4, -0.2) is 17.5 Å². The van der Waals surface area contributed by atoms with Crippen molar-refractivity contribution >= 4 is 11.3 Å². The summed E-state index contributed by atoms with van der Waals surface area (Å²) >= 11 is 0. The fourth-order valence-electron chi connectivity index (χ4n) is 2.38. The molecule has 1 N–H and O–H groups in total. The molecule has 0 saturated carbocycles. The largest absolute Gasteiger partial charge is 0.310 e. The van der Waals surface area contributed by atoms with E-state index < -0.39 is 0 Å². The lowest BCUT2D eigenvalue weighted by molar-refractivity contribution is -0.385. The van der Waals surface area contributed by atoms with E-state index in [9.17, 15) is 10.1 Å². The van der Waals surface area contributed by atoms with Crippen molar-refractivity contribution in [2.75, 3.05) is 6.54 Å². The Morgan fingerprint density at radius 2 is 2.35 bits per heavy atom. The molecule has 1 fully saturated rings. The Hall–Kier alpha value is -1.68. The van der Waals surface area contributed by atoms with E-state index in [0.717, 1.165) is 30.5 Å². The number of hydrogen-bond donors (Lipinski definition) is 1. The predicted octanol–water partition coefficient (Wildman–Crippen LogP) is 2.67. The number of aryl methyl sites for hydroxylation is 1. The first-order valence-electron chi connectivity index (χ1n) is 5.78. The van der Waals surface area contributed by atoms with Crippen molar-refractivity contribution in [2.24, 2.45) is 0 Å². The molecule has 1 aliphatic heterocycles. The molecule has 1 aromatic carbocycles. The van der Waals surface area contributed by atoms with Crippen LogP contribution in [0.1, 0.15) is 24.0 Å². The third kappa shape index (κ3) is 2.22. The standard InChI is InChI=1S/C13H16N2O2/c1-9-5-3-7-12(15(16)17)13(9)10(2)11-6-4-8-14-11/h3,5,7,11,14H,2,4,6,8H2,1H3. The molecule has 90 valence electrons. The minimum absolute atomic E-state index is 0.156. The summed E-state index contributed by atoms with van der Waals surface area (Å²) in [6, 6.07) is 5.33. The topological polar surface area (TPSA) is 55.2 Å². The van der Waals surface area contributed by atoms with Crippen molar-refractivity contribution in [3.05, 3.63) is 46.0 Å². The van der Waals surface area contributed by atoms with Gasteiger partial charge in [-0.25, -0.2) is 0 Å². The van der Waals surface area contributed by atoms with Crippen LogP contribution in [0.15, 0.2) is 24.8 Å². The highest BCUT2D eigenvalue weighted by molar-refractivity contribution is 5.77. The number of hydrogen-bond acceptors (Lipinski definition) is 3. The lowest BCUT2D eigenvalue weighted by Gasteiger charge is -2.16. The van der Waals surface area contributed by atoms with Crippen LogP contribution in [0.5, 0.6) is 0 Å². The Balaban J connectivity index is 2.42. The van der Waals surface area contributed by atoms with Gasteiger partial charge in [-0.05, 0) is 37.4 Å². The zero-order valence-corrected chi connectivity index (χ0v) is 9.90. The number of nitrogens with zero attached hydrogens (tertiary/aromatic N) is 1. The summed E-state index contributed by atoms with van der Waals surface area (Å²) in [6.07, 6.45) is 2.10. The summed E-state index contributed by atoms with van der Waals surface area (Å²) in [4.78, 5) is 10.7. The summed E-state index contributed by atoms with van der Waals surface area (Å²) in [5.74, 6) is 0. The molecular weight excluding hydrogens is 216 g/mol. The van der Waals surface area contributed by atoms with Crippen molar-refractivity contribution in [1.82, 2.24) is 5.32 Å². The number of rotatable bonds is 3. The Morgan fingerprint density at radius 1 is 1.59 bits per heavy atom. The van der Waals surface area contributed by atoms with Crippen molar-refractivity contribution in [1.29, 1.82) is 0 Å². The number of benzene rings is 1. The van der Waals surface area contributed by atoms with Gasteiger partial charge < -0.3 is 5.32 Å². The molecule has 2 rings (SSSR count). The molecule has 0 bridgehead atoms. The van der Waals surface area contributed by atoms with E-state index in [1.54, 1.807) is 12.1 Å². The summed E-state index contributed by atoms with van der Waals surface area (Å²) < 4.78 is 0. The molecule has 0 aliphatic carbocycles. The third-order valence-corrected chi connectivity index (χ3v) is 3.25. The van der Waals surface area contributed by atoms with Gasteiger partial charge in [-0.3, -0.25) is 10.1 Å². The summed E-state index contributed by atoms with van der Waals surface area (Å²) in [6.45, 7) is 6.90. The van der Waals surface area contributed by atoms with Gasteiger partial charge in [0.1, 0.15) is 0 Å². The molecule has 1 heterocycles. The molecule has 1 saturated heterocycles. The second-order valence-corrected chi connectivity index (χ2v) is 4.40. The second-order valence-electron chi connectivity index (χ2n) is 4.40. The zero-order chi connectivity index (χ0) is 12.4. The summed E-state index contributed by atoms with van der Waals surface area (Å²) in [7, 11) is 0. The van der Waals surface area contributed by atoms with Gasteiger partial charge in [-0.1, -0.05) is 18.7 Å². The zero-order valence-electron chi connectivity index (χ0n) is 9.90. The monoisotopic (exact) mass is 232 g/mol. The van der Waals surface area contributed by atoms with Crippen molar-refractivity contribution in [3.63, 3.8) is 0 Å². The van der Waals surface area contributed by atoms with Gasteiger partial charge in [-0.2, -0.15) is 0 Å². The SMILES string of the molecule is C=C(c1c(C)cccc1[N+](=O)[O-])C1CCCN1. The maximum absolute atomic E-state index is 11.0. The van der Waals surface area contributed by atoms with Crippen LogP contribution < -0.4 is 5.32 Å². The highest BCUT2D eigenvalue weighted by Crippen LogP contribution is 2.32. The Bertz CT molecular complexity index is 462. The van der Waals surface area contributed by atoms with E-state index in [4.69, 9.17) is 0 Å². The van der Waals surface area contributed by atoms with Gasteiger partial charge in [0.25, 0.3) is 5.69 Å². The van der Waals surface area contributed by atoms with E-state index >= 15 is 0 Å². The van der Waals surface area contributed by atoms with Crippen LogP contribution in [0.3, 0.4) is 0 Å².